The second-order valence-electron chi connectivity index (χ2n) is 0.774. The van der Waals surface area contributed by atoms with Gasteiger partial charge in [-0.1, -0.05) is 0 Å². The summed E-state index contributed by atoms with van der Waals surface area (Å²) in [5.74, 6) is 0. The van der Waals surface area contributed by atoms with Crippen LogP contribution in [0.1, 0.15) is 2.85 Å². The van der Waals surface area contributed by atoms with Gasteiger partial charge < -0.3 is 2.85 Å². The molecule has 0 aliphatic rings. The van der Waals surface area contributed by atoms with Gasteiger partial charge in [0.15, 0.2) is 0 Å². The minimum atomic E-state index is -2.78. The van der Waals surface area contributed by atoms with E-state index in [4.69, 9.17) is 9.11 Å². The molecule has 0 heterocycles. The number of hydrogen-bond acceptors (Lipinski definition) is 5. The van der Waals surface area contributed by atoms with Crippen LogP contribution in [0, 0.1) is 0 Å². The van der Waals surface area contributed by atoms with Crippen LogP contribution in [0.15, 0.2) is 0 Å². The Morgan fingerprint density at radius 1 is 0.857 bits per heavy atom. The van der Waals surface area contributed by atoms with Crippen molar-refractivity contribution in [3.05, 3.63) is 0 Å². The van der Waals surface area contributed by atoms with E-state index in [0.717, 1.165) is 0 Å². The van der Waals surface area contributed by atoms with E-state index in [1.165, 1.54) is 0 Å². The van der Waals surface area contributed by atoms with Gasteiger partial charge in [0.25, 0.3) is 0 Å². The normalized spacial score (nSPS) is 14.1. The van der Waals surface area contributed by atoms with Gasteiger partial charge >= 0.3 is 93.2 Å². The van der Waals surface area contributed by atoms with Gasteiger partial charge in [0.1, 0.15) is 0 Å². The summed E-state index contributed by atoms with van der Waals surface area (Å²) in [5, 5.41) is 0. The van der Waals surface area contributed by atoms with Gasteiger partial charge in [-0.05, 0) is 0 Å². The number of hydrogen-bond donors (Lipinski definition) is 2. The molecule has 0 aliphatic heterocycles. The SMILES string of the molecule is O=S(O)OS(=O)OS(=O)O.[Ag].[Ag].[H-].[H-].[Na+].[Na+]. The third kappa shape index (κ3) is 24.8. The van der Waals surface area contributed by atoms with Crippen molar-refractivity contribution in [1.82, 2.24) is 0 Å². The molecular formula is H4Ag2Na2O7S3. The smallest absolute Gasteiger partial charge is 1.00 e. The maximum atomic E-state index is 10.0. The zero-order chi connectivity index (χ0) is 8.15. The van der Waals surface area contributed by atoms with Gasteiger partial charge in [-0.15, -0.1) is 7.26 Å². The average Bonchev–Trinajstić information content (AvgIpc) is 1.58. The first-order chi connectivity index (χ1) is 4.52. The Bertz CT molecular complexity index is 176. The molecule has 0 aromatic heterocycles. The van der Waals surface area contributed by atoms with E-state index in [2.05, 4.69) is 7.26 Å². The van der Waals surface area contributed by atoms with Crippen molar-refractivity contribution >= 4 is 34.1 Å². The minimum Gasteiger partial charge on any atom is -1.00 e. The first kappa shape index (κ1) is 30.6. The van der Waals surface area contributed by atoms with E-state index in [1.807, 2.05) is 0 Å². The Morgan fingerprint density at radius 3 is 1.21 bits per heavy atom. The van der Waals surface area contributed by atoms with E-state index in [1.54, 1.807) is 0 Å². The van der Waals surface area contributed by atoms with E-state index >= 15 is 0 Å². The van der Waals surface area contributed by atoms with Crippen LogP contribution >= 0.6 is 0 Å². The predicted molar refractivity (Wildman–Crippen MR) is 34.1 cm³/mol. The molecule has 2 atom stereocenters. The van der Waals surface area contributed by atoms with Crippen molar-refractivity contribution in [2.24, 2.45) is 0 Å². The molecule has 0 saturated heterocycles. The van der Waals surface area contributed by atoms with Gasteiger partial charge in [0.2, 0.25) is 0 Å². The van der Waals surface area contributed by atoms with E-state index in [-0.39, 0.29) is 107 Å². The fraction of sp³-hybridized carbons (Fsp3) is 0. The van der Waals surface area contributed by atoms with Gasteiger partial charge in [-0.2, -0.15) is 12.6 Å². The maximum absolute atomic E-state index is 10.0. The summed E-state index contributed by atoms with van der Waals surface area (Å²) >= 11 is -8.25. The average molecular weight is 474 g/mol. The van der Waals surface area contributed by atoms with E-state index in [0.29, 0.717) is 0 Å². The van der Waals surface area contributed by atoms with Gasteiger partial charge in [-0.3, -0.25) is 9.11 Å². The summed E-state index contributed by atoms with van der Waals surface area (Å²) in [6.45, 7) is 0. The summed E-state index contributed by atoms with van der Waals surface area (Å²) in [6, 6.07) is 0. The van der Waals surface area contributed by atoms with Gasteiger partial charge in [-0.25, -0.2) is 0 Å². The first-order valence-corrected chi connectivity index (χ1v) is 4.60. The molecule has 0 aromatic carbocycles. The molecule has 7 nitrogen and oxygen atoms in total. The Hall–Kier alpha value is 3.77. The third-order valence-electron chi connectivity index (χ3n) is 0.228. The Labute approximate surface area is 167 Å². The zero-order valence-corrected chi connectivity index (χ0v) is 16.2. The second-order valence-corrected chi connectivity index (χ2v) is 3.14. The first-order valence-electron chi connectivity index (χ1n) is 1.53. The summed E-state index contributed by atoms with van der Waals surface area (Å²) < 4.78 is 51.9. The van der Waals surface area contributed by atoms with E-state index in [9.17, 15) is 12.6 Å². The van der Waals surface area contributed by atoms with Crippen LogP contribution in [-0.2, 0) is 86.1 Å². The Morgan fingerprint density at radius 2 is 1.07 bits per heavy atom. The number of rotatable bonds is 4. The van der Waals surface area contributed by atoms with Crippen LogP contribution in [-0.4, -0.2) is 21.7 Å². The molecule has 0 saturated carbocycles. The van der Waals surface area contributed by atoms with Crippen LogP contribution in [0.5, 0.6) is 0 Å². The molecule has 2 radical (unpaired) electrons. The quantitative estimate of drug-likeness (QED) is 0.308. The monoisotopic (exact) mass is 472 g/mol. The molecule has 0 aliphatic carbocycles. The molecule has 0 aromatic rings. The molecule has 0 fully saturated rings. The minimum absolute atomic E-state index is 0. The van der Waals surface area contributed by atoms with Gasteiger partial charge in [0, 0.05) is 44.8 Å². The third-order valence-corrected chi connectivity index (χ3v) is 2.05. The summed E-state index contributed by atoms with van der Waals surface area (Å²) in [5.41, 5.74) is 0. The standard InChI is InChI=1S/2Ag.2Na.H2O7S3.2H/c;;;;1-8(2)6-10(5)7-9(3)4;;/h;;;;(H,1,2)(H,3,4);;/q;;2*+1;;2*-1. The largest absolute Gasteiger partial charge is 1.00 e. The van der Waals surface area contributed by atoms with Crippen molar-refractivity contribution in [1.29, 1.82) is 0 Å². The van der Waals surface area contributed by atoms with Crippen molar-refractivity contribution in [2.45, 2.75) is 0 Å². The fourth-order valence-electron chi connectivity index (χ4n) is 0.106. The van der Waals surface area contributed by atoms with Crippen LogP contribution in [0.25, 0.3) is 0 Å². The molecule has 0 bridgehead atoms. The summed E-state index contributed by atoms with van der Waals surface area (Å²) in [7, 11) is 0. The summed E-state index contributed by atoms with van der Waals surface area (Å²) in [4.78, 5) is 0. The topological polar surface area (TPSA) is 110 Å². The van der Waals surface area contributed by atoms with Crippen molar-refractivity contribution in [3.8, 4) is 0 Å². The Balaban J connectivity index is -0.0000000270. The predicted octanol–water partition coefficient (Wildman–Crippen LogP) is -6.90. The van der Waals surface area contributed by atoms with Crippen LogP contribution in [0.3, 0.4) is 0 Å². The molecule has 2 unspecified atom stereocenters. The van der Waals surface area contributed by atoms with Crippen molar-refractivity contribution < 1.29 is 136 Å². The molecule has 14 heavy (non-hydrogen) atoms. The van der Waals surface area contributed by atoms with E-state index < -0.39 is 34.1 Å². The molecule has 0 amide bonds. The second kappa shape index (κ2) is 19.1. The maximum Gasteiger partial charge on any atom is 1.00 e. The molecule has 2 N–H and O–H groups in total. The summed E-state index contributed by atoms with van der Waals surface area (Å²) in [6.07, 6.45) is 0. The molecule has 14 heteroatoms. The molecule has 0 spiro atoms. The fourth-order valence-corrected chi connectivity index (χ4v) is 1.16. The molecule has 0 rings (SSSR count). The van der Waals surface area contributed by atoms with Crippen LogP contribution in [0.4, 0.5) is 0 Å². The van der Waals surface area contributed by atoms with Crippen molar-refractivity contribution in [3.63, 3.8) is 0 Å². The van der Waals surface area contributed by atoms with Crippen LogP contribution < -0.4 is 59.1 Å². The Kier molecular flexibility index (Phi) is 41.8. The van der Waals surface area contributed by atoms with Crippen molar-refractivity contribution in [2.75, 3.05) is 0 Å². The molecule has 88 valence electrons. The zero-order valence-electron chi connectivity index (χ0n) is 8.76. The van der Waals surface area contributed by atoms with Crippen LogP contribution in [0.2, 0.25) is 0 Å². The molecular weight excluding hydrogens is 470 g/mol. The van der Waals surface area contributed by atoms with Gasteiger partial charge in [0.05, 0.1) is 0 Å².